The molecule has 0 atom stereocenters. The average Bonchev–Trinajstić information content (AvgIpc) is 2.42. The molecule has 2 aromatic carbocycles. The number of rotatable bonds is 4. The van der Waals surface area contributed by atoms with Gasteiger partial charge in [-0.2, -0.15) is 0 Å². The van der Waals surface area contributed by atoms with E-state index in [0.717, 1.165) is 29.7 Å². The first-order valence-corrected chi connectivity index (χ1v) is 6.61. The van der Waals surface area contributed by atoms with Crippen molar-refractivity contribution in [2.24, 2.45) is 0 Å². The number of hydrogen-bond donors (Lipinski definition) is 1. The van der Waals surface area contributed by atoms with Crippen molar-refractivity contribution in [2.75, 3.05) is 5.73 Å². The van der Waals surface area contributed by atoms with Gasteiger partial charge in [0.15, 0.2) is 5.78 Å². The van der Waals surface area contributed by atoms with Crippen molar-refractivity contribution in [3.63, 3.8) is 0 Å². The number of carbonyl (C=O) groups excluding carboxylic acids is 1. The van der Waals surface area contributed by atoms with Gasteiger partial charge in [0.05, 0.1) is 0 Å². The molecule has 0 radical (unpaired) electrons. The highest BCUT2D eigenvalue weighted by Crippen LogP contribution is 2.17. The van der Waals surface area contributed by atoms with Gasteiger partial charge in [-0.3, -0.25) is 4.79 Å². The summed E-state index contributed by atoms with van der Waals surface area (Å²) < 4.78 is 0. The first-order valence-electron chi connectivity index (χ1n) is 6.61. The van der Waals surface area contributed by atoms with E-state index >= 15 is 0 Å². The highest BCUT2D eigenvalue weighted by Gasteiger charge is 2.09. The van der Waals surface area contributed by atoms with Crippen LogP contribution in [-0.4, -0.2) is 5.78 Å². The summed E-state index contributed by atoms with van der Waals surface area (Å²) in [7, 11) is 0. The molecule has 0 saturated carbocycles. The van der Waals surface area contributed by atoms with Gasteiger partial charge in [-0.1, -0.05) is 37.6 Å². The van der Waals surface area contributed by atoms with Gasteiger partial charge >= 0.3 is 0 Å². The molecule has 2 heteroatoms. The van der Waals surface area contributed by atoms with Crippen molar-refractivity contribution in [2.45, 2.75) is 26.7 Å². The number of nitrogens with two attached hydrogens (primary N) is 1. The minimum Gasteiger partial charge on any atom is -0.399 e. The van der Waals surface area contributed by atoms with E-state index in [1.807, 2.05) is 37.3 Å². The van der Waals surface area contributed by atoms with Crippen molar-refractivity contribution in [1.82, 2.24) is 0 Å². The second-order valence-corrected chi connectivity index (χ2v) is 4.85. The summed E-state index contributed by atoms with van der Waals surface area (Å²) in [5.41, 5.74) is 10.1. The smallest absolute Gasteiger partial charge is 0.193 e. The molecule has 2 aromatic rings. The molecule has 0 aliphatic rings. The fourth-order valence-corrected chi connectivity index (χ4v) is 2.10. The van der Waals surface area contributed by atoms with Crippen LogP contribution in [0.3, 0.4) is 0 Å². The van der Waals surface area contributed by atoms with Crippen molar-refractivity contribution >= 4 is 11.5 Å². The third-order valence-corrected chi connectivity index (χ3v) is 3.29. The number of anilines is 1. The highest BCUT2D eigenvalue weighted by atomic mass is 16.1. The molecule has 2 nitrogen and oxygen atoms in total. The second-order valence-electron chi connectivity index (χ2n) is 4.85. The van der Waals surface area contributed by atoms with Crippen LogP contribution in [0.5, 0.6) is 0 Å². The van der Waals surface area contributed by atoms with Crippen LogP contribution >= 0.6 is 0 Å². The molecule has 0 fully saturated rings. The van der Waals surface area contributed by atoms with E-state index in [9.17, 15) is 4.79 Å². The van der Waals surface area contributed by atoms with E-state index in [0.29, 0.717) is 5.56 Å². The zero-order chi connectivity index (χ0) is 13.8. The molecular weight excluding hydrogens is 234 g/mol. The van der Waals surface area contributed by atoms with Crippen LogP contribution in [0.1, 0.15) is 40.4 Å². The number of hydrogen-bond acceptors (Lipinski definition) is 2. The van der Waals surface area contributed by atoms with Crippen molar-refractivity contribution < 1.29 is 4.79 Å². The maximum absolute atomic E-state index is 12.3. The zero-order valence-corrected chi connectivity index (χ0v) is 11.4. The maximum atomic E-state index is 12.3. The normalized spacial score (nSPS) is 10.4. The topological polar surface area (TPSA) is 43.1 Å². The molecule has 0 aromatic heterocycles. The lowest BCUT2D eigenvalue weighted by atomic mass is 9.99. The number of ketones is 1. The van der Waals surface area contributed by atoms with Crippen LogP contribution in [0.15, 0.2) is 42.5 Å². The molecule has 0 unspecified atom stereocenters. The lowest BCUT2D eigenvalue weighted by Crippen LogP contribution is -2.03. The molecule has 2 N–H and O–H groups in total. The molecule has 0 heterocycles. The third-order valence-electron chi connectivity index (χ3n) is 3.29. The Bertz CT molecular complexity index is 585. The Balaban J connectivity index is 2.25. The highest BCUT2D eigenvalue weighted by molar-refractivity contribution is 6.09. The van der Waals surface area contributed by atoms with Gasteiger partial charge in [-0.25, -0.2) is 0 Å². The number of benzene rings is 2. The minimum atomic E-state index is 0.0474. The van der Waals surface area contributed by atoms with Crippen molar-refractivity contribution in [3.8, 4) is 0 Å². The summed E-state index contributed by atoms with van der Waals surface area (Å²) in [5.74, 6) is 0.0474. The summed E-state index contributed by atoms with van der Waals surface area (Å²) in [6.07, 6.45) is 2.17. The van der Waals surface area contributed by atoms with Crippen LogP contribution in [0.2, 0.25) is 0 Å². The Morgan fingerprint density at radius 2 is 1.68 bits per heavy atom. The molecule has 0 aliphatic carbocycles. The Hall–Kier alpha value is -2.09. The third kappa shape index (κ3) is 3.02. The van der Waals surface area contributed by atoms with Gasteiger partial charge in [0.1, 0.15) is 0 Å². The molecule has 0 spiro atoms. The van der Waals surface area contributed by atoms with Crippen LogP contribution in [0.4, 0.5) is 5.69 Å². The van der Waals surface area contributed by atoms with E-state index in [-0.39, 0.29) is 5.78 Å². The van der Waals surface area contributed by atoms with E-state index in [2.05, 4.69) is 6.92 Å². The number of carbonyl (C=O) groups is 1. The summed E-state index contributed by atoms with van der Waals surface area (Å²) in [6, 6.07) is 13.3. The van der Waals surface area contributed by atoms with Gasteiger partial charge in [0, 0.05) is 16.8 Å². The minimum absolute atomic E-state index is 0.0474. The molecule has 19 heavy (non-hydrogen) atoms. The average molecular weight is 253 g/mol. The van der Waals surface area contributed by atoms with E-state index in [4.69, 9.17) is 5.73 Å². The van der Waals surface area contributed by atoms with Crippen LogP contribution < -0.4 is 5.73 Å². The fourth-order valence-electron chi connectivity index (χ4n) is 2.10. The first-order chi connectivity index (χ1) is 9.11. The van der Waals surface area contributed by atoms with Crippen LogP contribution in [0, 0.1) is 6.92 Å². The van der Waals surface area contributed by atoms with E-state index < -0.39 is 0 Å². The monoisotopic (exact) mass is 253 g/mol. The molecule has 0 aliphatic heterocycles. The number of aryl methyl sites for hydroxylation is 2. The van der Waals surface area contributed by atoms with Crippen molar-refractivity contribution in [3.05, 3.63) is 64.7 Å². The standard InChI is InChI=1S/C17H19NO/c1-3-4-13-5-7-14(8-6-13)17(19)15-9-10-16(18)12(2)11-15/h5-11H,3-4,18H2,1-2H3. The number of nitrogen functional groups attached to an aromatic ring is 1. The largest absolute Gasteiger partial charge is 0.399 e. The first kappa shape index (κ1) is 13.3. The van der Waals surface area contributed by atoms with E-state index in [1.54, 1.807) is 12.1 Å². The predicted octanol–water partition coefficient (Wildman–Crippen LogP) is 3.76. The Labute approximate surface area is 114 Å². The maximum Gasteiger partial charge on any atom is 0.193 e. The molecular formula is C17H19NO. The van der Waals surface area contributed by atoms with Crippen LogP contribution in [0.25, 0.3) is 0 Å². The van der Waals surface area contributed by atoms with E-state index in [1.165, 1.54) is 5.56 Å². The lowest BCUT2D eigenvalue weighted by molar-refractivity contribution is 0.103. The predicted molar refractivity (Wildman–Crippen MR) is 79.5 cm³/mol. The van der Waals surface area contributed by atoms with Gasteiger partial charge in [-0.15, -0.1) is 0 Å². The van der Waals surface area contributed by atoms with Gasteiger partial charge in [-0.05, 0) is 42.7 Å². The fraction of sp³-hybridized carbons (Fsp3) is 0.235. The zero-order valence-electron chi connectivity index (χ0n) is 11.4. The summed E-state index contributed by atoms with van der Waals surface area (Å²) in [5, 5.41) is 0. The Morgan fingerprint density at radius 3 is 2.26 bits per heavy atom. The molecule has 98 valence electrons. The molecule has 0 amide bonds. The summed E-state index contributed by atoms with van der Waals surface area (Å²) >= 11 is 0. The molecule has 0 bridgehead atoms. The van der Waals surface area contributed by atoms with Gasteiger partial charge in [0.25, 0.3) is 0 Å². The Morgan fingerprint density at radius 1 is 1.05 bits per heavy atom. The van der Waals surface area contributed by atoms with Gasteiger partial charge < -0.3 is 5.73 Å². The van der Waals surface area contributed by atoms with Gasteiger partial charge in [0.2, 0.25) is 0 Å². The quantitative estimate of drug-likeness (QED) is 0.666. The Kier molecular flexibility index (Phi) is 4.00. The molecule has 2 rings (SSSR count). The lowest BCUT2D eigenvalue weighted by Gasteiger charge is -2.05. The second kappa shape index (κ2) is 5.70. The van der Waals surface area contributed by atoms with Crippen molar-refractivity contribution in [1.29, 1.82) is 0 Å². The van der Waals surface area contributed by atoms with Crippen LogP contribution in [-0.2, 0) is 6.42 Å². The molecule has 0 saturated heterocycles. The SMILES string of the molecule is CCCc1ccc(C(=O)c2ccc(N)c(C)c2)cc1. The summed E-state index contributed by atoms with van der Waals surface area (Å²) in [6.45, 7) is 4.06. The summed E-state index contributed by atoms with van der Waals surface area (Å²) in [4.78, 5) is 12.3.